The second-order valence-electron chi connectivity index (χ2n) is 7.65. The van der Waals surface area contributed by atoms with Crippen molar-refractivity contribution >= 4 is 21.6 Å². The summed E-state index contributed by atoms with van der Waals surface area (Å²) in [7, 11) is -2.54. The average molecular weight is 453 g/mol. The quantitative estimate of drug-likeness (QED) is 0.550. The standard InChI is InChI=1S/C25H28N2O4S/c1-18-14-15-22(19(2)16-18)20(3)26-25(28)17-27(23-12-8-9-13-24(23)31-4)32(29,30)21-10-6-5-7-11-21/h5-16,20H,17H2,1-4H3,(H,26,28)/t20-/m0/s1. The molecule has 32 heavy (non-hydrogen) atoms. The lowest BCUT2D eigenvalue weighted by molar-refractivity contribution is -0.120. The third kappa shape index (κ3) is 5.11. The number of ether oxygens (including phenoxy) is 1. The van der Waals surface area contributed by atoms with Crippen molar-refractivity contribution in [3.8, 4) is 5.75 Å². The van der Waals surface area contributed by atoms with Crippen molar-refractivity contribution in [1.82, 2.24) is 5.32 Å². The highest BCUT2D eigenvalue weighted by Crippen LogP contribution is 2.32. The van der Waals surface area contributed by atoms with Crippen molar-refractivity contribution < 1.29 is 17.9 Å². The number of benzene rings is 3. The summed E-state index contributed by atoms with van der Waals surface area (Å²) in [5.74, 6) is -0.0508. The van der Waals surface area contributed by atoms with Crippen LogP contribution in [0.2, 0.25) is 0 Å². The van der Waals surface area contributed by atoms with Crippen LogP contribution >= 0.6 is 0 Å². The van der Waals surface area contributed by atoms with Crippen LogP contribution in [0.5, 0.6) is 5.75 Å². The van der Waals surface area contributed by atoms with Gasteiger partial charge in [-0.1, -0.05) is 54.1 Å². The zero-order chi connectivity index (χ0) is 23.3. The number of carbonyl (C=O) groups excluding carboxylic acids is 1. The van der Waals surface area contributed by atoms with Crippen molar-refractivity contribution in [2.24, 2.45) is 0 Å². The topological polar surface area (TPSA) is 75.7 Å². The van der Waals surface area contributed by atoms with Crippen LogP contribution in [0.25, 0.3) is 0 Å². The van der Waals surface area contributed by atoms with Gasteiger partial charge in [0.05, 0.1) is 23.7 Å². The van der Waals surface area contributed by atoms with Crippen LogP contribution in [-0.2, 0) is 14.8 Å². The highest BCUT2D eigenvalue weighted by atomic mass is 32.2. The summed E-state index contributed by atoms with van der Waals surface area (Å²) in [4.78, 5) is 13.1. The minimum absolute atomic E-state index is 0.0983. The van der Waals surface area contributed by atoms with Crippen LogP contribution < -0.4 is 14.4 Å². The molecule has 1 N–H and O–H groups in total. The molecule has 0 aliphatic carbocycles. The Bertz CT molecular complexity index is 1190. The first kappa shape index (κ1) is 23.3. The fraction of sp³-hybridized carbons (Fsp3) is 0.240. The number of methoxy groups -OCH3 is 1. The Morgan fingerprint density at radius 3 is 2.31 bits per heavy atom. The maximum absolute atomic E-state index is 13.5. The highest BCUT2D eigenvalue weighted by Gasteiger charge is 2.29. The van der Waals surface area contributed by atoms with E-state index in [1.54, 1.807) is 42.5 Å². The van der Waals surface area contributed by atoms with Gasteiger partial charge in [0.1, 0.15) is 12.3 Å². The number of rotatable bonds is 8. The summed E-state index contributed by atoms with van der Waals surface area (Å²) in [6.07, 6.45) is 0. The van der Waals surface area contributed by atoms with Crippen molar-refractivity contribution in [1.29, 1.82) is 0 Å². The Morgan fingerprint density at radius 2 is 1.66 bits per heavy atom. The van der Waals surface area contributed by atoms with E-state index >= 15 is 0 Å². The number of carbonyl (C=O) groups is 1. The molecule has 0 unspecified atom stereocenters. The molecule has 7 heteroatoms. The molecule has 3 rings (SSSR count). The molecule has 0 bridgehead atoms. The molecular weight excluding hydrogens is 424 g/mol. The first-order chi connectivity index (χ1) is 15.2. The van der Waals surface area contributed by atoms with E-state index in [0.29, 0.717) is 11.4 Å². The SMILES string of the molecule is COc1ccccc1N(CC(=O)N[C@@H](C)c1ccc(C)cc1C)S(=O)(=O)c1ccccc1. The number of para-hydroxylation sites is 2. The van der Waals surface area contributed by atoms with Crippen LogP contribution in [0, 0.1) is 13.8 Å². The Hall–Kier alpha value is -3.32. The monoisotopic (exact) mass is 452 g/mol. The van der Waals surface area contributed by atoms with Gasteiger partial charge < -0.3 is 10.1 Å². The van der Waals surface area contributed by atoms with E-state index in [0.717, 1.165) is 21.0 Å². The molecule has 3 aromatic rings. The molecule has 0 aliphatic rings. The molecule has 168 valence electrons. The Labute approximate surface area is 189 Å². The zero-order valence-corrected chi connectivity index (χ0v) is 19.5. The summed E-state index contributed by atoms with van der Waals surface area (Å²) in [5.41, 5.74) is 3.49. The molecule has 1 atom stereocenters. The van der Waals surface area contributed by atoms with Gasteiger partial charge >= 0.3 is 0 Å². The van der Waals surface area contributed by atoms with E-state index in [9.17, 15) is 13.2 Å². The Kier molecular flexibility index (Phi) is 7.20. The van der Waals surface area contributed by atoms with Gasteiger partial charge in [0.15, 0.2) is 0 Å². The smallest absolute Gasteiger partial charge is 0.264 e. The van der Waals surface area contributed by atoms with Gasteiger partial charge in [-0.2, -0.15) is 0 Å². The first-order valence-corrected chi connectivity index (χ1v) is 11.8. The number of anilines is 1. The summed E-state index contributed by atoms with van der Waals surface area (Å²) in [6.45, 7) is 5.51. The predicted molar refractivity (Wildman–Crippen MR) is 126 cm³/mol. The fourth-order valence-electron chi connectivity index (χ4n) is 3.66. The van der Waals surface area contributed by atoms with E-state index in [2.05, 4.69) is 11.4 Å². The summed E-state index contributed by atoms with van der Waals surface area (Å²) >= 11 is 0. The van der Waals surface area contributed by atoms with E-state index in [1.807, 2.05) is 32.9 Å². The maximum atomic E-state index is 13.5. The second kappa shape index (κ2) is 9.87. The van der Waals surface area contributed by atoms with Gasteiger partial charge in [-0.15, -0.1) is 0 Å². The molecular formula is C25H28N2O4S. The largest absolute Gasteiger partial charge is 0.495 e. The van der Waals surface area contributed by atoms with Crippen LogP contribution in [0.15, 0.2) is 77.7 Å². The summed E-state index contributed by atoms with van der Waals surface area (Å²) in [6, 6.07) is 20.6. The fourth-order valence-corrected chi connectivity index (χ4v) is 5.11. The maximum Gasteiger partial charge on any atom is 0.264 e. The van der Waals surface area contributed by atoms with E-state index in [-0.39, 0.29) is 17.5 Å². The van der Waals surface area contributed by atoms with Crippen LogP contribution in [0.3, 0.4) is 0 Å². The van der Waals surface area contributed by atoms with Gasteiger partial charge in [-0.3, -0.25) is 9.10 Å². The molecule has 1 amide bonds. The first-order valence-electron chi connectivity index (χ1n) is 10.3. The van der Waals surface area contributed by atoms with Gasteiger partial charge in [0.25, 0.3) is 10.0 Å². The lowest BCUT2D eigenvalue weighted by Gasteiger charge is -2.26. The third-order valence-electron chi connectivity index (χ3n) is 5.24. The molecule has 0 aliphatic heterocycles. The van der Waals surface area contributed by atoms with Crippen molar-refractivity contribution in [3.05, 3.63) is 89.5 Å². The van der Waals surface area contributed by atoms with Gasteiger partial charge in [-0.05, 0) is 56.2 Å². The Balaban J connectivity index is 1.93. The molecule has 6 nitrogen and oxygen atoms in total. The van der Waals surface area contributed by atoms with E-state index in [1.165, 1.54) is 19.2 Å². The summed E-state index contributed by atoms with van der Waals surface area (Å²) < 4.78 is 33.4. The molecule has 0 heterocycles. The molecule has 0 saturated heterocycles. The normalized spacial score (nSPS) is 12.1. The highest BCUT2D eigenvalue weighted by molar-refractivity contribution is 7.92. The van der Waals surface area contributed by atoms with Crippen molar-refractivity contribution in [2.45, 2.75) is 31.7 Å². The Morgan fingerprint density at radius 1 is 1.00 bits per heavy atom. The van der Waals surface area contributed by atoms with Crippen LogP contribution in [0.4, 0.5) is 5.69 Å². The molecule has 0 spiro atoms. The second-order valence-corrected chi connectivity index (χ2v) is 9.51. The zero-order valence-electron chi connectivity index (χ0n) is 18.7. The predicted octanol–water partition coefficient (Wildman–Crippen LogP) is 4.38. The number of amides is 1. The summed E-state index contributed by atoms with van der Waals surface area (Å²) in [5, 5.41) is 2.93. The molecule has 0 radical (unpaired) electrons. The number of aryl methyl sites for hydroxylation is 2. The van der Waals surface area contributed by atoms with Gasteiger partial charge in [0.2, 0.25) is 5.91 Å². The number of sulfonamides is 1. The number of hydrogen-bond donors (Lipinski definition) is 1. The number of hydrogen-bond acceptors (Lipinski definition) is 4. The third-order valence-corrected chi connectivity index (χ3v) is 7.02. The van der Waals surface area contributed by atoms with E-state index in [4.69, 9.17) is 4.74 Å². The molecule has 0 saturated carbocycles. The minimum Gasteiger partial charge on any atom is -0.495 e. The van der Waals surface area contributed by atoms with Crippen LogP contribution in [-0.4, -0.2) is 28.0 Å². The van der Waals surface area contributed by atoms with Crippen LogP contribution in [0.1, 0.15) is 29.7 Å². The minimum atomic E-state index is -4.00. The van der Waals surface area contributed by atoms with Crippen molar-refractivity contribution in [3.63, 3.8) is 0 Å². The molecule has 0 fully saturated rings. The lowest BCUT2D eigenvalue weighted by Crippen LogP contribution is -2.41. The van der Waals surface area contributed by atoms with Gasteiger partial charge in [-0.25, -0.2) is 8.42 Å². The number of nitrogens with zero attached hydrogens (tertiary/aromatic N) is 1. The van der Waals surface area contributed by atoms with Crippen molar-refractivity contribution in [2.75, 3.05) is 18.0 Å². The van der Waals surface area contributed by atoms with Gasteiger partial charge in [0, 0.05) is 0 Å². The molecule has 0 aromatic heterocycles. The number of nitrogens with one attached hydrogen (secondary N) is 1. The lowest BCUT2D eigenvalue weighted by atomic mass is 10.0. The average Bonchev–Trinajstić information content (AvgIpc) is 2.77. The molecule has 3 aromatic carbocycles. The van der Waals surface area contributed by atoms with E-state index < -0.39 is 15.9 Å².